The molecule has 1 amide bonds. The van der Waals surface area contributed by atoms with Gasteiger partial charge in [0.1, 0.15) is 16.7 Å². The van der Waals surface area contributed by atoms with E-state index >= 15 is 0 Å². The lowest BCUT2D eigenvalue weighted by molar-refractivity contribution is -0.132. The number of hydrogen-bond donors (Lipinski definition) is 1. The van der Waals surface area contributed by atoms with E-state index in [0.29, 0.717) is 6.54 Å². The van der Waals surface area contributed by atoms with Gasteiger partial charge in [0.15, 0.2) is 0 Å². The van der Waals surface area contributed by atoms with E-state index in [1.54, 1.807) is 37.1 Å². The lowest BCUT2D eigenvalue weighted by Gasteiger charge is -2.37. The average molecular weight is 487 g/mol. The Hall–Kier alpha value is -2.42. The molecule has 184 valence electrons. The molecule has 1 aliphatic heterocycles. The summed E-state index contributed by atoms with van der Waals surface area (Å²) in [4.78, 5) is 14.4. The quantitative estimate of drug-likeness (QED) is 0.677. The van der Waals surface area contributed by atoms with Crippen LogP contribution in [0.3, 0.4) is 0 Å². The number of aliphatic hydroxyl groups excluding tert-OH is 1. The van der Waals surface area contributed by atoms with Crippen LogP contribution >= 0.6 is 0 Å². The van der Waals surface area contributed by atoms with Crippen LogP contribution in [-0.2, 0) is 14.8 Å². The molecule has 0 saturated heterocycles. The third-order valence-corrected chi connectivity index (χ3v) is 8.90. The zero-order valence-electron chi connectivity index (χ0n) is 20.3. The Kier molecular flexibility index (Phi) is 7.03. The zero-order chi connectivity index (χ0) is 24.6. The molecule has 0 unspecified atom stereocenters. The maximum atomic E-state index is 13.6. The molecule has 0 spiro atoms. The van der Waals surface area contributed by atoms with E-state index in [1.807, 2.05) is 38.1 Å². The Labute approximate surface area is 202 Å². The Morgan fingerprint density at radius 1 is 1.24 bits per heavy atom. The molecule has 8 heteroatoms. The van der Waals surface area contributed by atoms with Crippen LogP contribution in [0.1, 0.15) is 32.3 Å². The van der Waals surface area contributed by atoms with Crippen molar-refractivity contribution in [3.8, 4) is 16.9 Å². The molecular formula is C26H34N2O5S. The van der Waals surface area contributed by atoms with Crippen molar-refractivity contribution in [2.24, 2.45) is 11.8 Å². The molecular weight excluding hydrogens is 452 g/mol. The molecule has 7 nitrogen and oxygen atoms in total. The first kappa shape index (κ1) is 24.7. The fraction of sp³-hybridized carbons (Fsp3) is 0.500. The number of amides is 1. The van der Waals surface area contributed by atoms with E-state index in [4.69, 9.17) is 4.74 Å². The first-order chi connectivity index (χ1) is 16.1. The number of likely N-dealkylation sites (N-methyl/N-ethyl adjacent to an activating group) is 1. The molecule has 2 aromatic rings. The van der Waals surface area contributed by atoms with Gasteiger partial charge in [-0.2, -0.15) is 4.31 Å². The normalized spacial score (nSPS) is 23.2. The summed E-state index contributed by atoms with van der Waals surface area (Å²) in [5.41, 5.74) is 2.94. The predicted octanol–water partition coefficient (Wildman–Crippen LogP) is 3.30. The van der Waals surface area contributed by atoms with Gasteiger partial charge < -0.3 is 14.7 Å². The van der Waals surface area contributed by atoms with Crippen LogP contribution in [0, 0.1) is 18.8 Å². The highest BCUT2D eigenvalue weighted by Crippen LogP contribution is 2.37. The van der Waals surface area contributed by atoms with E-state index in [1.165, 1.54) is 4.31 Å². The summed E-state index contributed by atoms with van der Waals surface area (Å²) >= 11 is 0. The van der Waals surface area contributed by atoms with E-state index in [-0.39, 0.29) is 41.5 Å². The first-order valence-electron chi connectivity index (χ1n) is 11.9. The van der Waals surface area contributed by atoms with Gasteiger partial charge in [0.25, 0.3) is 0 Å². The molecule has 34 heavy (non-hydrogen) atoms. The molecule has 2 aromatic carbocycles. The minimum Gasteiger partial charge on any atom is -0.487 e. The first-order valence-corrected chi connectivity index (χ1v) is 13.3. The highest BCUT2D eigenvalue weighted by atomic mass is 32.2. The number of aliphatic hydroxyl groups is 1. The monoisotopic (exact) mass is 486 g/mol. The van der Waals surface area contributed by atoms with Gasteiger partial charge in [-0.1, -0.05) is 37.3 Å². The SMILES string of the molecule is Cc1ccccc1-c1ccc2c(c1)O[C@@H](CN(C)C(=O)C1CC1)[C@@H](C)CN([C@@H](C)CO)S2(=O)=O. The molecule has 3 atom stereocenters. The van der Waals surface area contributed by atoms with Crippen molar-refractivity contribution in [3.05, 3.63) is 48.0 Å². The lowest BCUT2D eigenvalue weighted by Crippen LogP contribution is -2.50. The summed E-state index contributed by atoms with van der Waals surface area (Å²) in [6.07, 6.45) is 1.45. The smallest absolute Gasteiger partial charge is 0.247 e. The van der Waals surface area contributed by atoms with Gasteiger partial charge in [0.05, 0.1) is 13.2 Å². The van der Waals surface area contributed by atoms with Crippen LogP contribution in [0.5, 0.6) is 5.75 Å². The summed E-state index contributed by atoms with van der Waals surface area (Å²) in [5, 5.41) is 9.80. The molecule has 0 bridgehead atoms. The minimum absolute atomic E-state index is 0.0817. The molecule has 1 saturated carbocycles. The maximum Gasteiger partial charge on any atom is 0.247 e. The highest BCUT2D eigenvalue weighted by Gasteiger charge is 2.39. The van der Waals surface area contributed by atoms with E-state index in [9.17, 15) is 18.3 Å². The van der Waals surface area contributed by atoms with E-state index in [0.717, 1.165) is 29.5 Å². The predicted molar refractivity (Wildman–Crippen MR) is 131 cm³/mol. The number of carbonyl (C=O) groups is 1. The van der Waals surface area contributed by atoms with Crippen molar-refractivity contribution >= 4 is 15.9 Å². The van der Waals surface area contributed by atoms with Crippen molar-refractivity contribution in [1.29, 1.82) is 0 Å². The van der Waals surface area contributed by atoms with Gasteiger partial charge in [-0.25, -0.2) is 8.42 Å². The molecule has 1 N–H and O–H groups in total. The second kappa shape index (κ2) is 9.68. The number of sulfonamides is 1. The second-order valence-electron chi connectivity index (χ2n) is 9.71. The van der Waals surface area contributed by atoms with Crippen molar-refractivity contribution in [3.63, 3.8) is 0 Å². The van der Waals surface area contributed by atoms with Crippen molar-refractivity contribution in [2.45, 2.75) is 50.7 Å². The van der Waals surface area contributed by atoms with E-state index < -0.39 is 22.2 Å². The Bertz CT molecular complexity index is 1160. The second-order valence-corrected chi connectivity index (χ2v) is 11.6. The molecule has 0 radical (unpaired) electrons. The highest BCUT2D eigenvalue weighted by molar-refractivity contribution is 7.89. The Morgan fingerprint density at radius 3 is 2.59 bits per heavy atom. The minimum atomic E-state index is -3.90. The van der Waals surface area contributed by atoms with Crippen LogP contribution in [0.2, 0.25) is 0 Å². The summed E-state index contributed by atoms with van der Waals surface area (Å²) in [6, 6.07) is 12.5. The number of aryl methyl sites for hydroxylation is 1. The van der Waals surface area contributed by atoms with Gasteiger partial charge in [-0.3, -0.25) is 4.79 Å². The molecule has 4 rings (SSSR count). The number of benzene rings is 2. The number of rotatable bonds is 6. The fourth-order valence-electron chi connectivity index (χ4n) is 4.51. The van der Waals surface area contributed by atoms with E-state index in [2.05, 4.69) is 0 Å². The number of hydrogen-bond acceptors (Lipinski definition) is 5. The van der Waals surface area contributed by atoms with Crippen LogP contribution in [0.25, 0.3) is 11.1 Å². The van der Waals surface area contributed by atoms with Gasteiger partial charge in [0.2, 0.25) is 15.9 Å². The molecule has 1 fully saturated rings. The summed E-state index contributed by atoms with van der Waals surface area (Å²) in [5.74, 6) is 0.285. The average Bonchev–Trinajstić information content (AvgIpc) is 3.66. The van der Waals surface area contributed by atoms with Crippen LogP contribution < -0.4 is 4.74 Å². The molecule has 1 heterocycles. The zero-order valence-corrected chi connectivity index (χ0v) is 21.1. The Morgan fingerprint density at radius 2 is 1.94 bits per heavy atom. The van der Waals surface area contributed by atoms with Crippen molar-refractivity contribution < 1.29 is 23.1 Å². The molecule has 1 aliphatic carbocycles. The molecule has 0 aromatic heterocycles. The number of nitrogens with zero attached hydrogens (tertiary/aromatic N) is 2. The third kappa shape index (κ3) is 4.85. The number of carbonyl (C=O) groups excluding carboxylic acids is 1. The summed E-state index contributed by atoms with van der Waals surface area (Å²) in [7, 11) is -2.12. The Balaban J connectivity index is 1.78. The van der Waals surface area contributed by atoms with Gasteiger partial charge in [0, 0.05) is 31.5 Å². The fourth-order valence-corrected chi connectivity index (χ4v) is 6.34. The largest absolute Gasteiger partial charge is 0.487 e. The third-order valence-electron chi connectivity index (χ3n) is 6.88. The summed E-state index contributed by atoms with van der Waals surface area (Å²) < 4.78 is 35.1. The maximum absolute atomic E-state index is 13.6. The standard InChI is InChI=1S/C26H34N2O5S/c1-17-7-5-6-8-22(17)21-11-12-25-23(13-21)33-24(15-27(4)26(30)20-9-10-20)18(2)14-28(19(3)16-29)34(25,31)32/h5-8,11-13,18-20,24,29H,9-10,14-16H2,1-4H3/t18-,19-,24-/m0/s1. The van der Waals surface area contributed by atoms with Crippen molar-refractivity contribution in [2.75, 3.05) is 26.7 Å². The van der Waals surface area contributed by atoms with Crippen molar-refractivity contribution in [1.82, 2.24) is 9.21 Å². The number of fused-ring (bicyclic) bond motifs is 1. The summed E-state index contributed by atoms with van der Waals surface area (Å²) in [6.45, 7) is 5.92. The lowest BCUT2D eigenvalue weighted by atomic mass is 10.00. The van der Waals surface area contributed by atoms with Gasteiger partial charge in [-0.05, 0) is 55.5 Å². The van der Waals surface area contributed by atoms with Gasteiger partial charge >= 0.3 is 0 Å². The topological polar surface area (TPSA) is 87.2 Å². The van der Waals surface area contributed by atoms with Crippen LogP contribution in [0.4, 0.5) is 0 Å². The van der Waals surface area contributed by atoms with Crippen LogP contribution in [0.15, 0.2) is 47.4 Å². The number of ether oxygens (including phenoxy) is 1. The van der Waals surface area contributed by atoms with Gasteiger partial charge in [-0.15, -0.1) is 0 Å². The van der Waals surface area contributed by atoms with Crippen LogP contribution in [-0.4, -0.2) is 67.5 Å². The molecule has 2 aliphatic rings.